The summed E-state index contributed by atoms with van der Waals surface area (Å²) in [5.74, 6) is 0.173. The lowest BCUT2D eigenvalue weighted by molar-refractivity contribution is -0.116. The largest absolute Gasteiger partial charge is 0.330 e. The summed E-state index contributed by atoms with van der Waals surface area (Å²) in [6.45, 7) is 2.26. The lowest BCUT2D eigenvalue weighted by Gasteiger charge is -2.06. The number of rotatable bonds is 20. The molecule has 0 spiro atoms. The molecule has 3 aromatic rings. The smallest absolute Gasteiger partial charge is 0.264 e. The van der Waals surface area contributed by atoms with E-state index in [1.165, 1.54) is 95.2 Å². The van der Waals surface area contributed by atoms with Crippen LogP contribution in [0.5, 0.6) is 0 Å². The molecule has 2 aromatic carbocycles. The number of aromatic nitrogens is 2. The fourth-order valence-corrected chi connectivity index (χ4v) is 5.43. The van der Waals surface area contributed by atoms with Crippen molar-refractivity contribution in [3.8, 4) is 0 Å². The molecule has 0 aliphatic rings. The third-order valence-electron chi connectivity index (χ3n) is 6.82. The van der Waals surface area contributed by atoms with E-state index in [0.717, 1.165) is 18.5 Å². The number of nitrogens with zero attached hydrogens (tertiary/aromatic N) is 3. The molecular formula is C31H44N6O3S. The first-order valence-electron chi connectivity index (χ1n) is 14.9. The van der Waals surface area contributed by atoms with Gasteiger partial charge in [0.2, 0.25) is 11.9 Å². The van der Waals surface area contributed by atoms with Crippen molar-refractivity contribution in [1.82, 2.24) is 9.97 Å². The van der Waals surface area contributed by atoms with E-state index in [0.29, 0.717) is 17.8 Å². The van der Waals surface area contributed by atoms with E-state index >= 15 is 0 Å². The summed E-state index contributed by atoms with van der Waals surface area (Å²) in [6, 6.07) is 13.2. The average Bonchev–Trinajstić information content (AvgIpc) is 3.48. The number of benzene rings is 2. The fourth-order valence-electron chi connectivity index (χ4n) is 4.45. The minimum absolute atomic E-state index is 0.0269. The number of sulfonamides is 1. The van der Waals surface area contributed by atoms with Gasteiger partial charge in [-0.25, -0.2) is 18.1 Å². The van der Waals surface area contributed by atoms with Gasteiger partial charge < -0.3 is 10.3 Å². The van der Waals surface area contributed by atoms with E-state index in [9.17, 15) is 13.2 Å². The first-order valence-corrected chi connectivity index (χ1v) is 16.4. The van der Waals surface area contributed by atoms with Gasteiger partial charge in [0.25, 0.3) is 10.0 Å². The Labute approximate surface area is 244 Å². The highest BCUT2D eigenvalue weighted by molar-refractivity contribution is 7.92. The number of nitrogens with one attached hydrogen (secondary N) is 3. The van der Waals surface area contributed by atoms with Gasteiger partial charge in [0.1, 0.15) is 0 Å². The second-order valence-corrected chi connectivity index (χ2v) is 12.0. The molecule has 0 fully saturated rings. The number of H-pyrrole nitrogens is 1. The van der Waals surface area contributed by atoms with Crippen molar-refractivity contribution >= 4 is 38.9 Å². The summed E-state index contributed by atoms with van der Waals surface area (Å²) in [5.41, 5.74) is 1.86. The minimum atomic E-state index is -3.75. The fraction of sp³-hybridized carbons (Fsp3) is 0.484. The number of carbonyl (C=O) groups excluding carboxylic acids is 1. The van der Waals surface area contributed by atoms with Crippen molar-refractivity contribution in [3.05, 3.63) is 60.9 Å². The summed E-state index contributed by atoms with van der Waals surface area (Å²) in [6.07, 6.45) is 20.2. The molecule has 0 radical (unpaired) electrons. The molecule has 9 nitrogen and oxygen atoms in total. The van der Waals surface area contributed by atoms with Crippen LogP contribution in [-0.4, -0.2) is 24.3 Å². The predicted octanol–water partition coefficient (Wildman–Crippen LogP) is 9.05. The maximum absolute atomic E-state index is 12.4. The van der Waals surface area contributed by atoms with E-state index in [1.807, 2.05) is 0 Å². The molecule has 1 aromatic heterocycles. The Morgan fingerprint density at radius 2 is 1.27 bits per heavy atom. The zero-order chi connectivity index (χ0) is 29.2. The van der Waals surface area contributed by atoms with Crippen LogP contribution in [0.4, 0.5) is 23.0 Å². The van der Waals surface area contributed by atoms with Crippen LogP contribution >= 0.6 is 0 Å². The maximum atomic E-state index is 12.4. The van der Waals surface area contributed by atoms with Crippen LogP contribution in [0.25, 0.3) is 0 Å². The van der Waals surface area contributed by atoms with Gasteiger partial charge in [-0.2, -0.15) is 10.2 Å². The Balaban J connectivity index is 1.29. The van der Waals surface area contributed by atoms with Gasteiger partial charge in [0.15, 0.2) is 0 Å². The van der Waals surface area contributed by atoms with E-state index in [1.54, 1.807) is 36.4 Å². The van der Waals surface area contributed by atoms with Gasteiger partial charge >= 0.3 is 0 Å². The van der Waals surface area contributed by atoms with Gasteiger partial charge in [0.05, 0.1) is 16.3 Å². The van der Waals surface area contributed by atoms with Crippen LogP contribution in [0.2, 0.25) is 0 Å². The molecule has 0 unspecified atom stereocenters. The van der Waals surface area contributed by atoms with Gasteiger partial charge in [-0.05, 0) is 55.0 Å². The average molecular weight is 581 g/mol. The van der Waals surface area contributed by atoms with E-state index in [-0.39, 0.29) is 16.8 Å². The number of anilines is 2. The predicted molar refractivity (Wildman–Crippen MR) is 165 cm³/mol. The van der Waals surface area contributed by atoms with Crippen LogP contribution < -0.4 is 10.0 Å². The molecule has 0 aliphatic heterocycles. The normalized spacial score (nSPS) is 11.6. The number of azo groups is 1. The Bertz CT molecular complexity index is 1270. The monoisotopic (exact) mass is 580 g/mol. The number of amides is 1. The molecule has 41 heavy (non-hydrogen) atoms. The highest BCUT2D eigenvalue weighted by atomic mass is 32.2. The molecule has 10 heteroatoms. The van der Waals surface area contributed by atoms with Crippen molar-refractivity contribution in [2.24, 2.45) is 10.2 Å². The van der Waals surface area contributed by atoms with Gasteiger partial charge in [-0.1, -0.05) is 84.0 Å². The van der Waals surface area contributed by atoms with Gasteiger partial charge in [0, 0.05) is 24.5 Å². The van der Waals surface area contributed by atoms with E-state index < -0.39 is 10.0 Å². The van der Waals surface area contributed by atoms with Crippen LogP contribution in [0, 0.1) is 0 Å². The summed E-state index contributed by atoms with van der Waals surface area (Å²) in [4.78, 5) is 18.9. The quantitative estimate of drug-likeness (QED) is 0.0909. The Kier molecular flexibility index (Phi) is 14.1. The zero-order valence-corrected chi connectivity index (χ0v) is 25.0. The molecular weight excluding hydrogens is 536 g/mol. The van der Waals surface area contributed by atoms with Crippen molar-refractivity contribution in [2.45, 2.75) is 102 Å². The molecule has 222 valence electrons. The highest BCUT2D eigenvalue weighted by Crippen LogP contribution is 2.23. The Hall–Kier alpha value is -3.53. The third kappa shape index (κ3) is 12.7. The second kappa shape index (κ2) is 18.0. The molecule has 0 bridgehead atoms. The van der Waals surface area contributed by atoms with E-state index in [2.05, 4.69) is 37.2 Å². The number of carbonyl (C=O) groups is 1. The first kappa shape index (κ1) is 32.0. The number of hydrogen-bond acceptors (Lipinski definition) is 6. The summed E-state index contributed by atoms with van der Waals surface area (Å²) in [7, 11) is -3.75. The SMILES string of the molecule is CCCCCCCCCCCCCCCC(=O)Nc1ccc(N=Nc2ccc(S(=O)(=O)Nc3ncc[nH]3)cc2)cc1. The van der Waals surface area contributed by atoms with Gasteiger partial charge in [-0.15, -0.1) is 0 Å². The summed E-state index contributed by atoms with van der Waals surface area (Å²) >= 11 is 0. The van der Waals surface area contributed by atoms with E-state index in [4.69, 9.17) is 0 Å². The molecule has 3 rings (SSSR count). The van der Waals surface area contributed by atoms with Crippen molar-refractivity contribution in [2.75, 3.05) is 10.0 Å². The lowest BCUT2D eigenvalue weighted by Crippen LogP contribution is -2.13. The molecule has 3 N–H and O–H groups in total. The lowest BCUT2D eigenvalue weighted by atomic mass is 10.0. The second-order valence-electron chi connectivity index (χ2n) is 10.3. The number of aromatic amines is 1. The standard InChI is InChI=1S/C31H44N6O3S/c1-2-3-4-5-6-7-8-9-10-11-12-13-14-15-30(38)34-26-16-18-27(19-17-26)35-36-28-20-22-29(23-21-28)41(39,40)37-31-32-24-25-33-31/h16-25H,2-15H2,1H3,(H,34,38)(H2,32,33,37). The topological polar surface area (TPSA) is 129 Å². The first-order chi connectivity index (χ1) is 20.0. The van der Waals surface area contributed by atoms with Crippen molar-refractivity contribution < 1.29 is 13.2 Å². The molecule has 0 aliphatic carbocycles. The number of unbranched alkanes of at least 4 members (excludes halogenated alkanes) is 12. The zero-order valence-electron chi connectivity index (χ0n) is 24.1. The Morgan fingerprint density at radius 3 is 1.78 bits per heavy atom. The van der Waals surface area contributed by atoms with Gasteiger partial charge in [-0.3, -0.25) is 4.79 Å². The highest BCUT2D eigenvalue weighted by Gasteiger charge is 2.15. The number of imidazole rings is 1. The van der Waals surface area contributed by atoms with Crippen molar-refractivity contribution in [1.29, 1.82) is 0 Å². The van der Waals surface area contributed by atoms with Crippen LogP contribution in [-0.2, 0) is 14.8 Å². The molecule has 1 amide bonds. The minimum Gasteiger partial charge on any atom is -0.330 e. The molecule has 0 saturated heterocycles. The Morgan fingerprint density at radius 1 is 0.756 bits per heavy atom. The molecule has 0 atom stereocenters. The van der Waals surface area contributed by atoms with Crippen molar-refractivity contribution in [3.63, 3.8) is 0 Å². The summed E-state index contributed by atoms with van der Waals surface area (Å²) in [5, 5.41) is 11.3. The van der Waals surface area contributed by atoms with Crippen LogP contribution in [0.1, 0.15) is 96.8 Å². The third-order valence-corrected chi connectivity index (χ3v) is 8.17. The maximum Gasteiger partial charge on any atom is 0.264 e. The van der Waals surface area contributed by atoms with Crippen LogP contribution in [0.15, 0.2) is 76.0 Å². The molecule has 0 saturated carbocycles. The summed E-state index contributed by atoms with van der Waals surface area (Å²) < 4.78 is 27.2. The molecule has 1 heterocycles. The number of hydrogen-bond donors (Lipinski definition) is 3. The van der Waals surface area contributed by atoms with Crippen LogP contribution in [0.3, 0.4) is 0 Å².